The van der Waals surface area contributed by atoms with Gasteiger partial charge in [0.2, 0.25) is 5.91 Å². The SMILES string of the molecule is CCc1cc2c(NCC(=O)NCCCN(CC)CC)ncnc2s1. The summed E-state index contributed by atoms with van der Waals surface area (Å²) in [4.78, 5) is 25.1. The van der Waals surface area contributed by atoms with Crippen LogP contribution in [0.1, 0.15) is 32.1 Å². The smallest absolute Gasteiger partial charge is 0.239 e. The lowest BCUT2D eigenvalue weighted by molar-refractivity contribution is -0.119. The van der Waals surface area contributed by atoms with Crippen molar-refractivity contribution in [1.82, 2.24) is 20.2 Å². The number of amides is 1. The van der Waals surface area contributed by atoms with E-state index < -0.39 is 0 Å². The number of rotatable bonds is 10. The van der Waals surface area contributed by atoms with E-state index in [0.717, 1.165) is 48.5 Å². The normalized spacial score (nSPS) is 11.2. The number of fused-ring (bicyclic) bond motifs is 1. The molecule has 0 saturated carbocycles. The number of aromatic nitrogens is 2. The monoisotopic (exact) mass is 349 g/mol. The Morgan fingerprint density at radius 3 is 2.75 bits per heavy atom. The second kappa shape index (κ2) is 9.54. The van der Waals surface area contributed by atoms with Gasteiger partial charge < -0.3 is 15.5 Å². The van der Waals surface area contributed by atoms with Crippen molar-refractivity contribution in [2.75, 3.05) is 38.0 Å². The van der Waals surface area contributed by atoms with E-state index in [2.05, 4.69) is 52.3 Å². The summed E-state index contributed by atoms with van der Waals surface area (Å²) in [6.45, 7) is 10.5. The standard InChI is InChI=1S/C17H27N5OS/c1-4-13-10-14-16(20-12-21-17(14)24-13)19-11-15(23)18-8-7-9-22(5-2)6-3/h10,12H,4-9,11H2,1-3H3,(H,18,23)(H,19,20,21). The van der Waals surface area contributed by atoms with Gasteiger partial charge in [0.05, 0.1) is 11.9 Å². The van der Waals surface area contributed by atoms with Gasteiger partial charge in [0, 0.05) is 11.4 Å². The molecule has 0 spiro atoms. The van der Waals surface area contributed by atoms with Crippen molar-refractivity contribution in [1.29, 1.82) is 0 Å². The van der Waals surface area contributed by atoms with E-state index >= 15 is 0 Å². The van der Waals surface area contributed by atoms with E-state index in [4.69, 9.17) is 0 Å². The highest BCUT2D eigenvalue weighted by Gasteiger charge is 2.09. The van der Waals surface area contributed by atoms with Crippen molar-refractivity contribution in [3.05, 3.63) is 17.3 Å². The first kappa shape index (κ1) is 18.6. The van der Waals surface area contributed by atoms with Gasteiger partial charge in [-0.05, 0) is 38.5 Å². The van der Waals surface area contributed by atoms with Crippen LogP contribution in [0.4, 0.5) is 5.82 Å². The molecule has 0 aliphatic rings. The molecule has 0 radical (unpaired) electrons. The minimum Gasteiger partial charge on any atom is -0.360 e. The van der Waals surface area contributed by atoms with Gasteiger partial charge >= 0.3 is 0 Å². The number of aryl methyl sites for hydroxylation is 1. The third-order valence-electron chi connectivity index (χ3n) is 4.01. The van der Waals surface area contributed by atoms with E-state index in [0.29, 0.717) is 6.54 Å². The summed E-state index contributed by atoms with van der Waals surface area (Å²) in [6.07, 6.45) is 3.49. The Hall–Kier alpha value is -1.73. The molecule has 2 heterocycles. The van der Waals surface area contributed by atoms with Gasteiger partial charge in [-0.3, -0.25) is 4.79 Å². The molecule has 0 aliphatic carbocycles. The van der Waals surface area contributed by atoms with Crippen LogP contribution in [-0.2, 0) is 11.2 Å². The van der Waals surface area contributed by atoms with E-state index in [1.807, 2.05) is 0 Å². The van der Waals surface area contributed by atoms with Crippen LogP contribution in [0.15, 0.2) is 12.4 Å². The van der Waals surface area contributed by atoms with Crippen LogP contribution in [-0.4, -0.2) is 53.5 Å². The molecule has 2 aromatic heterocycles. The maximum Gasteiger partial charge on any atom is 0.239 e. The number of hydrogen-bond donors (Lipinski definition) is 2. The molecule has 6 nitrogen and oxygen atoms in total. The van der Waals surface area contributed by atoms with Crippen molar-refractivity contribution in [3.63, 3.8) is 0 Å². The second-order valence-electron chi connectivity index (χ2n) is 5.59. The largest absolute Gasteiger partial charge is 0.360 e. The Bertz CT molecular complexity index is 653. The van der Waals surface area contributed by atoms with Crippen LogP contribution in [0, 0.1) is 0 Å². The summed E-state index contributed by atoms with van der Waals surface area (Å²) in [5, 5.41) is 7.08. The van der Waals surface area contributed by atoms with Gasteiger partial charge in [0.1, 0.15) is 17.0 Å². The van der Waals surface area contributed by atoms with E-state index in [9.17, 15) is 4.79 Å². The van der Waals surface area contributed by atoms with Gasteiger partial charge in [-0.15, -0.1) is 11.3 Å². The minimum atomic E-state index is -0.00717. The summed E-state index contributed by atoms with van der Waals surface area (Å²) in [5.41, 5.74) is 0. The van der Waals surface area contributed by atoms with Crippen LogP contribution in [0.5, 0.6) is 0 Å². The van der Waals surface area contributed by atoms with E-state index in [-0.39, 0.29) is 12.5 Å². The highest BCUT2D eigenvalue weighted by Crippen LogP contribution is 2.28. The van der Waals surface area contributed by atoms with Crippen molar-refractivity contribution in [3.8, 4) is 0 Å². The summed E-state index contributed by atoms with van der Waals surface area (Å²) in [7, 11) is 0. The zero-order valence-corrected chi connectivity index (χ0v) is 15.6. The molecule has 132 valence electrons. The van der Waals surface area contributed by atoms with Crippen LogP contribution in [0.2, 0.25) is 0 Å². The molecule has 1 amide bonds. The number of thiophene rings is 1. The average molecular weight is 350 g/mol. The van der Waals surface area contributed by atoms with Crippen molar-refractivity contribution < 1.29 is 4.79 Å². The number of hydrogen-bond acceptors (Lipinski definition) is 6. The first-order valence-corrected chi connectivity index (χ1v) is 9.45. The Morgan fingerprint density at radius 1 is 1.25 bits per heavy atom. The molecule has 7 heteroatoms. The molecule has 0 aliphatic heterocycles. The van der Waals surface area contributed by atoms with Crippen LogP contribution in [0.3, 0.4) is 0 Å². The molecule has 2 aromatic rings. The number of carbonyl (C=O) groups is 1. The maximum absolute atomic E-state index is 12.0. The fraction of sp³-hybridized carbons (Fsp3) is 0.588. The number of anilines is 1. The molecule has 24 heavy (non-hydrogen) atoms. The second-order valence-corrected chi connectivity index (χ2v) is 6.71. The van der Waals surface area contributed by atoms with Crippen LogP contribution in [0.25, 0.3) is 10.2 Å². The quantitative estimate of drug-likeness (QED) is 0.645. The average Bonchev–Trinajstić information content (AvgIpc) is 3.04. The van der Waals surface area contributed by atoms with Crippen molar-refractivity contribution in [2.45, 2.75) is 33.6 Å². The molecule has 2 rings (SSSR count). The Labute approximate surface area is 147 Å². The first-order chi connectivity index (χ1) is 11.7. The molecular formula is C17H27N5OS. The van der Waals surface area contributed by atoms with Crippen molar-refractivity contribution in [2.24, 2.45) is 0 Å². The third-order valence-corrected chi connectivity index (χ3v) is 5.20. The number of nitrogens with zero attached hydrogens (tertiary/aromatic N) is 3. The maximum atomic E-state index is 12.0. The molecule has 0 aromatic carbocycles. The number of nitrogens with one attached hydrogen (secondary N) is 2. The molecule has 0 bridgehead atoms. The topological polar surface area (TPSA) is 70.2 Å². The van der Waals surface area contributed by atoms with Gasteiger partial charge in [0.25, 0.3) is 0 Å². The third kappa shape index (κ3) is 5.14. The zero-order valence-electron chi connectivity index (χ0n) is 14.8. The summed E-state index contributed by atoms with van der Waals surface area (Å²) < 4.78 is 0. The lowest BCUT2D eigenvalue weighted by atomic mass is 10.3. The fourth-order valence-corrected chi connectivity index (χ4v) is 3.45. The molecule has 0 fully saturated rings. The first-order valence-electron chi connectivity index (χ1n) is 8.64. The van der Waals surface area contributed by atoms with Crippen LogP contribution < -0.4 is 10.6 Å². The molecule has 2 N–H and O–H groups in total. The summed E-state index contributed by atoms with van der Waals surface area (Å²) >= 11 is 1.67. The summed E-state index contributed by atoms with van der Waals surface area (Å²) in [6, 6.07) is 2.10. The minimum absolute atomic E-state index is 0.00717. The highest BCUT2D eigenvalue weighted by molar-refractivity contribution is 7.18. The van der Waals surface area contributed by atoms with Gasteiger partial charge in [-0.2, -0.15) is 0 Å². The molecule has 0 atom stereocenters. The van der Waals surface area contributed by atoms with Crippen molar-refractivity contribution >= 4 is 33.3 Å². The van der Waals surface area contributed by atoms with Gasteiger partial charge in [-0.1, -0.05) is 20.8 Å². The Balaban J connectivity index is 1.79. The fourth-order valence-electron chi connectivity index (χ4n) is 2.52. The van der Waals surface area contributed by atoms with Gasteiger partial charge in [0.15, 0.2) is 0 Å². The summed E-state index contributed by atoms with van der Waals surface area (Å²) in [5.74, 6) is 0.724. The lowest BCUT2D eigenvalue weighted by Crippen LogP contribution is -2.33. The predicted octanol–water partition coefficient (Wildman–Crippen LogP) is 2.51. The zero-order chi connectivity index (χ0) is 17.4. The number of carbonyl (C=O) groups excluding carboxylic acids is 1. The van der Waals surface area contributed by atoms with E-state index in [1.54, 1.807) is 17.7 Å². The van der Waals surface area contributed by atoms with Crippen LogP contribution >= 0.6 is 11.3 Å². The molecule has 0 unspecified atom stereocenters. The molecule has 0 saturated heterocycles. The highest BCUT2D eigenvalue weighted by atomic mass is 32.1. The lowest BCUT2D eigenvalue weighted by Gasteiger charge is -2.17. The van der Waals surface area contributed by atoms with Gasteiger partial charge in [-0.25, -0.2) is 9.97 Å². The van der Waals surface area contributed by atoms with E-state index in [1.165, 1.54) is 4.88 Å². The Kier molecular flexibility index (Phi) is 7.39. The Morgan fingerprint density at radius 2 is 2.04 bits per heavy atom. The predicted molar refractivity (Wildman–Crippen MR) is 101 cm³/mol. The molecular weight excluding hydrogens is 322 g/mol.